The van der Waals surface area contributed by atoms with Gasteiger partial charge in [0, 0.05) is 29.1 Å². The van der Waals surface area contributed by atoms with E-state index in [1.807, 2.05) is 61.5 Å². The number of nitrogens with one attached hydrogen (secondary N) is 3. The maximum atomic E-state index is 13.2. The number of rotatable bonds is 6. The van der Waals surface area contributed by atoms with Gasteiger partial charge in [-0.1, -0.05) is 49.0 Å². The van der Waals surface area contributed by atoms with Crippen molar-refractivity contribution in [1.29, 1.82) is 0 Å². The standard InChI is InChI=1S/C30H23N7O3/c1-18(2)23-16-26(37(36-23)19-8-4-3-5-9-19)34-30(39)33-22-12-13-24(21-11-7-6-10-20(21)22)40-25-14-15-31-29-28(25)35-27(38)17-32-29/h3-17H,1H2,2H3,(H,35,38)(H2,33,34,39). The molecule has 10 nitrogen and oxygen atoms in total. The lowest BCUT2D eigenvalue weighted by molar-refractivity contribution is 0.262. The molecule has 0 spiro atoms. The Hall–Kier alpha value is -5.77. The number of urea groups is 1. The number of carbonyl (C=O) groups excluding carboxylic acids is 1. The Labute approximate surface area is 228 Å². The number of amides is 2. The molecule has 0 saturated carbocycles. The number of hydrogen-bond donors (Lipinski definition) is 3. The van der Waals surface area contributed by atoms with E-state index in [2.05, 4.69) is 37.3 Å². The number of nitrogens with zero attached hydrogens (tertiary/aromatic N) is 4. The van der Waals surface area contributed by atoms with E-state index in [9.17, 15) is 9.59 Å². The highest BCUT2D eigenvalue weighted by atomic mass is 16.5. The largest absolute Gasteiger partial charge is 0.454 e. The zero-order valence-corrected chi connectivity index (χ0v) is 21.4. The summed E-state index contributed by atoms with van der Waals surface area (Å²) in [6.07, 6.45) is 2.73. The third-order valence-electron chi connectivity index (χ3n) is 6.19. The first-order valence-electron chi connectivity index (χ1n) is 12.4. The van der Waals surface area contributed by atoms with Gasteiger partial charge in [-0.05, 0) is 36.8 Å². The lowest BCUT2D eigenvalue weighted by Crippen LogP contribution is -2.21. The summed E-state index contributed by atoms with van der Waals surface area (Å²) in [6.45, 7) is 5.83. The molecule has 3 aromatic carbocycles. The third kappa shape index (κ3) is 4.76. The molecule has 40 heavy (non-hydrogen) atoms. The van der Waals surface area contributed by atoms with Crippen LogP contribution < -0.4 is 20.9 Å². The van der Waals surface area contributed by atoms with Crippen molar-refractivity contribution in [2.24, 2.45) is 0 Å². The quantitative estimate of drug-likeness (QED) is 0.238. The van der Waals surface area contributed by atoms with Crippen LogP contribution in [-0.2, 0) is 0 Å². The Morgan fingerprint density at radius 3 is 2.50 bits per heavy atom. The first kappa shape index (κ1) is 24.6. The van der Waals surface area contributed by atoms with Gasteiger partial charge < -0.3 is 15.0 Å². The average molecular weight is 530 g/mol. The molecule has 0 aliphatic heterocycles. The van der Waals surface area contributed by atoms with Crippen molar-refractivity contribution in [3.8, 4) is 17.2 Å². The van der Waals surface area contributed by atoms with Gasteiger partial charge in [0.05, 0.1) is 23.3 Å². The van der Waals surface area contributed by atoms with Crippen LogP contribution in [-0.4, -0.2) is 30.8 Å². The highest BCUT2D eigenvalue weighted by Crippen LogP contribution is 2.35. The van der Waals surface area contributed by atoms with Gasteiger partial charge in [0.15, 0.2) is 11.4 Å². The second kappa shape index (κ2) is 10.2. The Morgan fingerprint density at radius 2 is 1.70 bits per heavy atom. The van der Waals surface area contributed by atoms with E-state index in [1.165, 1.54) is 6.20 Å². The molecule has 0 aliphatic carbocycles. The van der Waals surface area contributed by atoms with Crippen LogP contribution in [0.15, 0.2) is 103 Å². The van der Waals surface area contributed by atoms with Crippen molar-refractivity contribution in [1.82, 2.24) is 24.7 Å². The summed E-state index contributed by atoms with van der Waals surface area (Å²) in [4.78, 5) is 36.0. The molecular formula is C30H23N7O3. The minimum absolute atomic E-state index is 0.357. The molecule has 0 saturated heterocycles. The summed E-state index contributed by atoms with van der Waals surface area (Å²) in [5, 5.41) is 12.0. The maximum absolute atomic E-state index is 13.2. The fourth-order valence-corrected chi connectivity index (χ4v) is 4.31. The SMILES string of the molecule is C=C(C)c1cc(NC(=O)Nc2ccc(Oc3ccnc4ncc(=O)[nH]c34)c3ccccc23)n(-c2ccccc2)n1. The summed E-state index contributed by atoms with van der Waals surface area (Å²) in [5.41, 5.74) is 3.24. The third-order valence-corrected chi connectivity index (χ3v) is 6.19. The van der Waals surface area contributed by atoms with E-state index >= 15 is 0 Å². The van der Waals surface area contributed by atoms with E-state index in [1.54, 1.807) is 35.1 Å². The first-order chi connectivity index (χ1) is 19.5. The van der Waals surface area contributed by atoms with Crippen LogP contribution >= 0.6 is 0 Å². The normalized spacial score (nSPS) is 10.9. The van der Waals surface area contributed by atoms with Gasteiger partial charge in [0.2, 0.25) is 0 Å². The van der Waals surface area contributed by atoms with E-state index < -0.39 is 6.03 Å². The Morgan fingerprint density at radius 1 is 0.925 bits per heavy atom. The van der Waals surface area contributed by atoms with Crippen molar-refractivity contribution < 1.29 is 9.53 Å². The van der Waals surface area contributed by atoms with Gasteiger partial charge in [-0.15, -0.1) is 0 Å². The van der Waals surface area contributed by atoms with E-state index in [4.69, 9.17) is 4.74 Å². The van der Waals surface area contributed by atoms with Gasteiger partial charge in [-0.25, -0.2) is 19.4 Å². The first-order valence-corrected chi connectivity index (χ1v) is 12.4. The van der Waals surface area contributed by atoms with Crippen LogP contribution in [0.25, 0.3) is 33.2 Å². The highest BCUT2D eigenvalue weighted by Gasteiger charge is 2.16. The van der Waals surface area contributed by atoms with Crippen LogP contribution in [0, 0.1) is 0 Å². The smallest absolute Gasteiger partial charge is 0.324 e. The number of aromatic amines is 1. The fourth-order valence-electron chi connectivity index (χ4n) is 4.31. The van der Waals surface area contributed by atoms with Gasteiger partial charge in [-0.3, -0.25) is 10.1 Å². The van der Waals surface area contributed by atoms with Crippen molar-refractivity contribution in [2.45, 2.75) is 6.92 Å². The number of carbonyl (C=O) groups is 1. The van der Waals surface area contributed by atoms with Crippen LogP contribution in [0.3, 0.4) is 0 Å². The van der Waals surface area contributed by atoms with Crippen molar-refractivity contribution in [3.05, 3.63) is 114 Å². The van der Waals surface area contributed by atoms with Crippen LogP contribution in [0.1, 0.15) is 12.6 Å². The molecule has 196 valence electrons. The Balaban J connectivity index is 1.30. The molecule has 6 rings (SSSR count). The molecule has 10 heteroatoms. The molecule has 0 aliphatic rings. The molecule has 0 atom stereocenters. The number of pyridine rings is 1. The van der Waals surface area contributed by atoms with Crippen molar-refractivity contribution in [3.63, 3.8) is 0 Å². The molecule has 2 amide bonds. The van der Waals surface area contributed by atoms with Crippen LogP contribution in [0.2, 0.25) is 0 Å². The molecule has 0 unspecified atom stereocenters. The predicted octanol–water partition coefficient (Wildman–Crippen LogP) is 6.13. The molecule has 3 heterocycles. The monoisotopic (exact) mass is 529 g/mol. The lowest BCUT2D eigenvalue weighted by atomic mass is 10.1. The van der Waals surface area contributed by atoms with E-state index in [0.29, 0.717) is 39.9 Å². The minimum atomic E-state index is -0.437. The topological polar surface area (TPSA) is 127 Å². The van der Waals surface area contributed by atoms with Gasteiger partial charge in [0.1, 0.15) is 17.1 Å². The number of benzene rings is 3. The summed E-state index contributed by atoms with van der Waals surface area (Å²) in [6, 6.07) is 23.6. The molecule has 3 aromatic heterocycles. The highest BCUT2D eigenvalue weighted by molar-refractivity contribution is 6.07. The summed E-state index contributed by atoms with van der Waals surface area (Å²) < 4.78 is 7.87. The number of H-pyrrole nitrogens is 1. The zero-order chi connectivity index (χ0) is 27.6. The van der Waals surface area contributed by atoms with Crippen molar-refractivity contribution >= 4 is 45.0 Å². The zero-order valence-electron chi connectivity index (χ0n) is 21.4. The molecule has 3 N–H and O–H groups in total. The number of para-hydroxylation sites is 1. The van der Waals surface area contributed by atoms with Crippen LogP contribution in [0.4, 0.5) is 16.3 Å². The number of hydrogen-bond acceptors (Lipinski definition) is 6. The molecule has 0 radical (unpaired) electrons. The fraction of sp³-hybridized carbons (Fsp3) is 0.0333. The summed E-state index contributed by atoms with van der Waals surface area (Å²) in [5.74, 6) is 1.44. The molecule has 6 aromatic rings. The molecule has 0 fully saturated rings. The molecular weight excluding hydrogens is 506 g/mol. The Bertz CT molecular complexity index is 1960. The second-order valence-electron chi connectivity index (χ2n) is 9.04. The number of ether oxygens (including phenoxy) is 1. The maximum Gasteiger partial charge on any atom is 0.324 e. The number of allylic oxidation sites excluding steroid dienone is 1. The average Bonchev–Trinajstić information content (AvgIpc) is 3.39. The summed E-state index contributed by atoms with van der Waals surface area (Å²) in [7, 11) is 0. The lowest BCUT2D eigenvalue weighted by Gasteiger charge is -2.14. The number of anilines is 2. The van der Waals surface area contributed by atoms with Gasteiger partial charge in [-0.2, -0.15) is 5.10 Å². The number of fused-ring (bicyclic) bond motifs is 2. The predicted molar refractivity (Wildman–Crippen MR) is 155 cm³/mol. The number of aromatic nitrogens is 5. The second-order valence-corrected chi connectivity index (χ2v) is 9.04. The minimum Gasteiger partial charge on any atom is -0.454 e. The van der Waals surface area contributed by atoms with Gasteiger partial charge in [0.25, 0.3) is 5.56 Å². The van der Waals surface area contributed by atoms with E-state index in [0.717, 1.165) is 22.0 Å². The Kier molecular flexibility index (Phi) is 6.25. The molecule has 0 bridgehead atoms. The van der Waals surface area contributed by atoms with Crippen LogP contribution in [0.5, 0.6) is 11.5 Å². The van der Waals surface area contributed by atoms with E-state index in [-0.39, 0.29) is 5.56 Å². The van der Waals surface area contributed by atoms with Gasteiger partial charge >= 0.3 is 6.03 Å². The van der Waals surface area contributed by atoms with Crippen molar-refractivity contribution in [2.75, 3.05) is 10.6 Å². The summed E-state index contributed by atoms with van der Waals surface area (Å²) >= 11 is 0.